The summed E-state index contributed by atoms with van der Waals surface area (Å²) in [5.41, 5.74) is 0. The fourth-order valence-corrected chi connectivity index (χ4v) is 3.68. The van der Waals surface area contributed by atoms with Gasteiger partial charge in [0.2, 0.25) is 0 Å². The Bertz CT molecular complexity index is 414. The molecular formula is C16H26N2O4. The fourth-order valence-electron chi connectivity index (χ4n) is 3.68. The van der Waals surface area contributed by atoms with E-state index in [1.54, 1.807) is 0 Å². The van der Waals surface area contributed by atoms with Crippen LogP contribution in [0, 0.1) is 0 Å². The molecule has 6 nitrogen and oxygen atoms in total. The molecule has 124 valence electrons. The smallest absolute Gasteiger partial charge is 0.309 e. The van der Waals surface area contributed by atoms with Gasteiger partial charge in [-0.05, 0) is 25.7 Å². The summed E-state index contributed by atoms with van der Waals surface area (Å²) in [4.78, 5) is 23.6. The van der Waals surface area contributed by atoms with E-state index < -0.39 is 17.6 Å². The Kier molecular flexibility index (Phi) is 4.98. The fraction of sp³-hybridized carbons (Fsp3) is 0.875. The summed E-state index contributed by atoms with van der Waals surface area (Å²) in [6.07, 6.45) is 9.40. The van der Waals surface area contributed by atoms with Crippen molar-refractivity contribution in [2.75, 3.05) is 13.2 Å². The van der Waals surface area contributed by atoms with Crippen LogP contribution in [0.25, 0.3) is 0 Å². The zero-order valence-electron chi connectivity index (χ0n) is 13.1. The second-order valence-electron chi connectivity index (χ2n) is 6.69. The summed E-state index contributed by atoms with van der Waals surface area (Å²) in [6.45, 7) is 0.823. The Morgan fingerprint density at radius 2 is 1.73 bits per heavy atom. The van der Waals surface area contributed by atoms with Crippen molar-refractivity contribution in [3.63, 3.8) is 0 Å². The van der Waals surface area contributed by atoms with Crippen LogP contribution in [0.15, 0.2) is 0 Å². The van der Waals surface area contributed by atoms with E-state index in [1.807, 2.05) is 0 Å². The monoisotopic (exact) mass is 310 g/mol. The van der Waals surface area contributed by atoms with E-state index in [4.69, 9.17) is 9.47 Å². The van der Waals surface area contributed by atoms with Crippen LogP contribution in [0.3, 0.4) is 0 Å². The van der Waals surface area contributed by atoms with E-state index in [9.17, 15) is 9.59 Å². The molecule has 3 fully saturated rings. The predicted octanol–water partition coefficient (Wildman–Crippen LogP) is 1.24. The van der Waals surface area contributed by atoms with E-state index in [0.29, 0.717) is 13.2 Å². The standard InChI is InChI=1S/C16H26N2O4/c19-14(15(20)18-12-6-2-3-7-12)17-10-13-11-21-16(22-13)8-4-1-5-9-16/h12-13H,1-11H2,(H,17,19)(H,18,20)/t13-/m0/s1. The number of hydrogen-bond donors (Lipinski definition) is 2. The molecule has 1 atom stereocenters. The first-order valence-corrected chi connectivity index (χ1v) is 8.57. The van der Waals surface area contributed by atoms with Crippen LogP contribution in [0.5, 0.6) is 0 Å². The molecule has 2 saturated carbocycles. The second-order valence-corrected chi connectivity index (χ2v) is 6.69. The third-order valence-electron chi connectivity index (χ3n) is 4.92. The molecule has 2 amide bonds. The lowest BCUT2D eigenvalue weighted by molar-refractivity contribution is -0.186. The first-order valence-electron chi connectivity index (χ1n) is 8.57. The summed E-state index contributed by atoms with van der Waals surface area (Å²) in [7, 11) is 0. The van der Waals surface area contributed by atoms with Crippen molar-refractivity contribution in [2.24, 2.45) is 0 Å². The van der Waals surface area contributed by atoms with E-state index in [0.717, 1.165) is 51.4 Å². The predicted molar refractivity (Wildman–Crippen MR) is 80.0 cm³/mol. The molecule has 0 aromatic heterocycles. The lowest BCUT2D eigenvalue weighted by Crippen LogP contribution is -2.46. The van der Waals surface area contributed by atoms with Crippen molar-refractivity contribution in [1.29, 1.82) is 0 Å². The molecule has 0 aromatic carbocycles. The minimum Gasteiger partial charge on any atom is -0.347 e. The van der Waals surface area contributed by atoms with Gasteiger partial charge in [0.25, 0.3) is 0 Å². The second kappa shape index (κ2) is 6.96. The molecule has 1 aliphatic heterocycles. The van der Waals surface area contributed by atoms with Gasteiger partial charge in [0, 0.05) is 25.4 Å². The van der Waals surface area contributed by atoms with E-state index in [1.165, 1.54) is 6.42 Å². The van der Waals surface area contributed by atoms with Gasteiger partial charge < -0.3 is 20.1 Å². The number of hydrogen-bond acceptors (Lipinski definition) is 4. The Hall–Kier alpha value is -1.14. The maximum Gasteiger partial charge on any atom is 0.309 e. The van der Waals surface area contributed by atoms with Crippen molar-refractivity contribution in [1.82, 2.24) is 10.6 Å². The molecule has 6 heteroatoms. The number of rotatable bonds is 3. The summed E-state index contributed by atoms with van der Waals surface area (Å²) >= 11 is 0. The molecule has 2 aliphatic carbocycles. The van der Waals surface area contributed by atoms with Gasteiger partial charge in [-0.25, -0.2) is 0 Å². The average molecular weight is 310 g/mol. The van der Waals surface area contributed by atoms with Gasteiger partial charge in [0.15, 0.2) is 5.79 Å². The van der Waals surface area contributed by atoms with Crippen LogP contribution in [-0.4, -0.2) is 42.9 Å². The quantitative estimate of drug-likeness (QED) is 0.769. The van der Waals surface area contributed by atoms with Crippen molar-refractivity contribution < 1.29 is 19.1 Å². The SMILES string of the molecule is O=C(NC[C@H]1COC2(CCCCC2)O1)C(=O)NC1CCCC1. The molecule has 0 radical (unpaired) electrons. The highest BCUT2D eigenvalue weighted by Gasteiger charge is 2.42. The van der Waals surface area contributed by atoms with Crippen LogP contribution >= 0.6 is 0 Å². The van der Waals surface area contributed by atoms with E-state index in [-0.39, 0.29) is 12.1 Å². The first kappa shape index (κ1) is 15.7. The number of amides is 2. The van der Waals surface area contributed by atoms with E-state index >= 15 is 0 Å². The molecule has 0 aromatic rings. The molecule has 1 saturated heterocycles. The van der Waals surface area contributed by atoms with E-state index in [2.05, 4.69) is 10.6 Å². The molecule has 0 bridgehead atoms. The van der Waals surface area contributed by atoms with Crippen LogP contribution in [0.4, 0.5) is 0 Å². The molecular weight excluding hydrogens is 284 g/mol. The van der Waals surface area contributed by atoms with Gasteiger partial charge in [-0.3, -0.25) is 9.59 Å². The minimum absolute atomic E-state index is 0.152. The largest absolute Gasteiger partial charge is 0.347 e. The number of carbonyl (C=O) groups excluding carboxylic acids is 2. The third-order valence-corrected chi connectivity index (χ3v) is 4.92. The molecule has 1 spiro atoms. The summed E-state index contributed by atoms with van der Waals surface area (Å²) in [6, 6.07) is 0.162. The maximum absolute atomic E-state index is 11.8. The molecule has 1 heterocycles. The number of nitrogens with one attached hydrogen (secondary N) is 2. The molecule has 0 unspecified atom stereocenters. The van der Waals surface area contributed by atoms with Crippen molar-refractivity contribution in [2.45, 2.75) is 75.7 Å². The van der Waals surface area contributed by atoms with Crippen LogP contribution in [0.2, 0.25) is 0 Å². The minimum atomic E-state index is -0.569. The van der Waals surface area contributed by atoms with Crippen molar-refractivity contribution >= 4 is 11.8 Å². The zero-order chi connectivity index (χ0) is 15.4. The summed E-state index contributed by atoms with van der Waals surface area (Å²) < 4.78 is 11.8. The lowest BCUT2D eigenvalue weighted by atomic mass is 9.94. The first-order chi connectivity index (χ1) is 10.7. The lowest BCUT2D eigenvalue weighted by Gasteiger charge is -2.31. The Morgan fingerprint density at radius 3 is 2.45 bits per heavy atom. The summed E-state index contributed by atoms with van der Waals surface area (Å²) in [5, 5.41) is 5.45. The average Bonchev–Trinajstić information content (AvgIpc) is 3.16. The topological polar surface area (TPSA) is 76.7 Å². The highest BCUT2D eigenvalue weighted by atomic mass is 16.7. The van der Waals surface area contributed by atoms with Crippen LogP contribution < -0.4 is 10.6 Å². The Labute approximate surface area is 131 Å². The van der Waals surface area contributed by atoms with Gasteiger partial charge in [-0.1, -0.05) is 19.3 Å². The van der Waals surface area contributed by atoms with Gasteiger partial charge in [-0.15, -0.1) is 0 Å². The molecule has 22 heavy (non-hydrogen) atoms. The third kappa shape index (κ3) is 3.79. The number of ether oxygens (including phenoxy) is 2. The van der Waals surface area contributed by atoms with Crippen molar-refractivity contribution in [3.8, 4) is 0 Å². The highest BCUT2D eigenvalue weighted by molar-refractivity contribution is 6.35. The van der Waals surface area contributed by atoms with Gasteiger partial charge in [-0.2, -0.15) is 0 Å². The molecule has 3 rings (SSSR count). The normalized spacial score (nSPS) is 27.9. The van der Waals surface area contributed by atoms with Gasteiger partial charge in [0.05, 0.1) is 6.61 Å². The Morgan fingerprint density at radius 1 is 1.00 bits per heavy atom. The van der Waals surface area contributed by atoms with Gasteiger partial charge >= 0.3 is 11.8 Å². The maximum atomic E-state index is 11.8. The van der Waals surface area contributed by atoms with Gasteiger partial charge in [0.1, 0.15) is 6.10 Å². The molecule has 3 aliphatic rings. The van der Waals surface area contributed by atoms with Crippen molar-refractivity contribution in [3.05, 3.63) is 0 Å². The Balaban J connectivity index is 1.38. The van der Waals surface area contributed by atoms with Crippen LogP contribution in [0.1, 0.15) is 57.8 Å². The molecule has 2 N–H and O–H groups in total. The summed E-state index contributed by atoms with van der Waals surface area (Å²) in [5.74, 6) is -1.53. The zero-order valence-corrected chi connectivity index (χ0v) is 13.1. The van der Waals surface area contributed by atoms with Crippen LogP contribution in [-0.2, 0) is 19.1 Å². The highest BCUT2D eigenvalue weighted by Crippen LogP contribution is 2.37. The number of carbonyl (C=O) groups is 2.